The third-order valence-corrected chi connectivity index (χ3v) is 2.07. The predicted octanol–water partition coefficient (Wildman–Crippen LogP) is 1.53. The van der Waals surface area contributed by atoms with Crippen molar-refractivity contribution < 1.29 is 14.6 Å². The van der Waals surface area contributed by atoms with Crippen molar-refractivity contribution in [2.75, 3.05) is 6.54 Å². The van der Waals surface area contributed by atoms with E-state index < -0.39 is 5.60 Å². The van der Waals surface area contributed by atoms with Crippen LogP contribution in [-0.2, 0) is 16.1 Å². The lowest BCUT2D eigenvalue weighted by atomic mass is 10.2. The van der Waals surface area contributed by atoms with E-state index in [-0.39, 0.29) is 18.3 Å². The van der Waals surface area contributed by atoms with Crippen LogP contribution in [0.4, 0.5) is 0 Å². The summed E-state index contributed by atoms with van der Waals surface area (Å²) in [4.78, 5) is 15.6. The van der Waals surface area contributed by atoms with Crippen molar-refractivity contribution in [3.05, 3.63) is 23.5 Å². The molecular weight excluding hydrogens is 232 g/mol. The molecule has 5 nitrogen and oxygen atoms in total. The normalized spacial score (nSPS) is 11.3. The van der Waals surface area contributed by atoms with Gasteiger partial charge in [0.1, 0.15) is 11.4 Å². The molecular formula is C13H20N2O3. The molecule has 100 valence electrons. The number of nitrogens with zero attached hydrogens (tertiary/aromatic N) is 1. The van der Waals surface area contributed by atoms with Gasteiger partial charge in [0.2, 0.25) is 0 Å². The maximum absolute atomic E-state index is 11.4. The van der Waals surface area contributed by atoms with Crippen molar-refractivity contribution in [3.63, 3.8) is 0 Å². The molecule has 0 amide bonds. The highest BCUT2D eigenvalue weighted by atomic mass is 16.6. The first-order valence-electron chi connectivity index (χ1n) is 5.86. The molecule has 18 heavy (non-hydrogen) atoms. The predicted molar refractivity (Wildman–Crippen MR) is 68.2 cm³/mol. The van der Waals surface area contributed by atoms with E-state index in [1.807, 2.05) is 27.7 Å². The number of carbonyl (C=O) groups is 1. The highest BCUT2D eigenvalue weighted by Gasteiger charge is 2.15. The number of esters is 1. The van der Waals surface area contributed by atoms with Gasteiger partial charge in [0.15, 0.2) is 0 Å². The Hall–Kier alpha value is -1.62. The summed E-state index contributed by atoms with van der Waals surface area (Å²) in [6, 6.07) is 3.32. The van der Waals surface area contributed by atoms with E-state index >= 15 is 0 Å². The smallest absolute Gasteiger partial charge is 0.320 e. The van der Waals surface area contributed by atoms with Crippen LogP contribution in [-0.4, -0.2) is 28.2 Å². The van der Waals surface area contributed by atoms with Gasteiger partial charge in [-0.1, -0.05) is 0 Å². The number of nitrogens with one attached hydrogen (secondary N) is 1. The molecule has 0 unspecified atom stereocenters. The number of rotatable bonds is 4. The SMILES string of the molecule is Cc1ccc(O)c(CNCC(=O)OC(C)(C)C)n1. The van der Waals surface area contributed by atoms with Crippen LogP contribution in [0.1, 0.15) is 32.2 Å². The fraction of sp³-hybridized carbons (Fsp3) is 0.538. The van der Waals surface area contributed by atoms with E-state index in [4.69, 9.17) is 4.74 Å². The summed E-state index contributed by atoms with van der Waals surface area (Å²) in [6.45, 7) is 7.71. The Balaban J connectivity index is 2.42. The molecule has 5 heteroatoms. The van der Waals surface area contributed by atoms with E-state index in [2.05, 4.69) is 10.3 Å². The second kappa shape index (κ2) is 5.82. The first-order chi connectivity index (χ1) is 8.28. The van der Waals surface area contributed by atoms with E-state index in [0.717, 1.165) is 5.69 Å². The molecule has 0 aromatic carbocycles. The molecule has 0 atom stereocenters. The van der Waals surface area contributed by atoms with Gasteiger partial charge in [-0.3, -0.25) is 9.78 Å². The van der Waals surface area contributed by atoms with Crippen LogP contribution >= 0.6 is 0 Å². The molecule has 1 aromatic rings. The number of hydrogen-bond acceptors (Lipinski definition) is 5. The fourth-order valence-corrected chi connectivity index (χ4v) is 1.39. The molecule has 1 heterocycles. The summed E-state index contributed by atoms with van der Waals surface area (Å²) < 4.78 is 5.15. The van der Waals surface area contributed by atoms with Crippen LogP contribution in [0.25, 0.3) is 0 Å². The van der Waals surface area contributed by atoms with Gasteiger partial charge in [0, 0.05) is 12.2 Å². The molecule has 0 spiro atoms. The lowest BCUT2D eigenvalue weighted by molar-refractivity contribution is -0.153. The molecule has 0 bridgehead atoms. The van der Waals surface area contributed by atoms with Crippen LogP contribution in [0, 0.1) is 6.92 Å². The zero-order valence-corrected chi connectivity index (χ0v) is 11.3. The zero-order chi connectivity index (χ0) is 13.8. The van der Waals surface area contributed by atoms with Crippen molar-refractivity contribution in [2.45, 2.75) is 39.8 Å². The maximum atomic E-state index is 11.4. The number of aryl methyl sites for hydroxylation is 1. The molecule has 1 aromatic heterocycles. The molecule has 0 saturated heterocycles. The first-order valence-corrected chi connectivity index (χ1v) is 5.86. The van der Waals surface area contributed by atoms with Crippen LogP contribution in [0.2, 0.25) is 0 Å². The van der Waals surface area contributed by atoms with Gasteiger partial charge in [-0.2, -0.15) is 0 Å². The van der Waals surface area contributed by atoms with Crippen molar-refractivity contribution in [2.24, 2.45) is 0 Å². The largest absolute Gasteiger partial charge is 0.506 e. The van der Waals surface area contributed by atoms with Gasteiger partial charge in [0.25, 0.3) is 0 Å². The second-order valence-corrected chi connectivity index (χ2v) is 5.11. The summed E-state index contributed by atoms with van der Waals surface area (Å²) in [6.07, 6.45) is 0. The van der Waals surface area contributed by atoms with Crippen molar-refractivity contribution in [3.8, 4) is 5.75 Å². The van der Waals surface area contributed by atoms with Gasteiger partial charge in [-0.05, 0) is 39.8 Å². The van der Waals surface area contributed by atoms with Crippen LogP contribution in [0.5, 0.6) is 5.75 Å². The minimum absolute atomic E-state index is 0.0896. The summed E-state index contributed by atoms with van der Waals surface area (Å²) in [5, 5.41) is 12.5. The van der Waals surface area contributed by atoms with Crippen molar-refractivity contribution in [1.82, 2.24) is 10.3 Å². The van der Waals surface area contributed by atoms with Gasteiger partial charge in [-0.25, -0.2) is 0 Å². The molecule has 0 fully saturated rings. The van der Waals surface area contributed by atoms with Gasteiger partial charge in [-0.15, -0.1) is 0 Å². The van der Waals surface area contributed by atoms with Gasteiger partial charge < -0.3 is 15.2 Å². The Bertz CT molecular complexity index is 425. The van der Waals surface area contributed by atoms with Crippen molar-refractivity contribution >= 4 is 5.97 Å². The summed E-state index contributed by atoms with van der Waals surface area (Å²) in [5.41, 5.74) is 0.864. The minimum Gasteiger partial charge on any atom is -0.506 e. The Labute approximate surface area is 107 Å². The van der Waals surface area contributed by atoms with Crippen LogP contribution < -0.4 is 5.32 Å². The Morgan fingerprint density at radius 2 is 2.11 bits per heavy atom. The summed E-state index contributed by atoms with van der Waals surface area (Å²) in [5.74, 6) is -0.202. The Kier molecular flexibility index (Phi) is 4.67. The standard InChI is InChI=1S/C13H20N2O3/c1-9-5-6-11(16)10(15-9)7-14-8-12(17)18-13(2,3)4/h5-6,14,16H,7-8H2,1-4H3. The van der Waals surface area contributed by atoms with E-state index in [1.165, 1.54) is 0 Å². The number of pyridine rings is 1. The maximum Gasteiger partial charge on any atom is 0.320 e. The van der Waals surface area contributed by atoms with Gasteiger partial charge in [0.05, 0.1) is 12.2 Å². The molecule has 2 N–H and O–H groups in total. The quantitative estimate of drug-likeness (QED) is 0.795. The summed E-state index contributed by atoms with van der Waals surface area (Å²) in [7, 11) is 0. The van der Waals surface area contributed by atoms with Crippen LogP contribution in [0.15, 0.2) is 12.1 Å². The molecule has 0 saturated carbocycles. The lowest BCUT2D eigenvalue weighted by Gasteiger charge is -2.19. The minimum atomic E-state index is -0.484. The highest BCUT2D eigenvalue weighted by molar-refractivity contribution is 5.72. The topological polar surface area (TPSA) is 71.5 Å². The first kappa shape index (κ1) is 14.4. The summed E-state index contributed by atoms with van der Waals surface area (Å²) >= 11 is 0. The molecule has 1 rings (SSSR count). The highest BCUT2D eigenvalue weighted by Crippen LogP contribution is 2.14. The molecule has 0 radical (unpaired) electrons. The molecule has 0 aliphatic carbocycles. The number of hydrogen-bond donors (Lipinski definition) is 2. The molecule has 0 aliphatic heterocycles. The van der Waals surface area contributed by atoms with Crippen molar-refractivity contribution in [1.29, 1.82) is 0 Å². The fourth-order valence-electron chi connectivity index (χ4n) is 1.39. The average molecular weight is 252 g/mol. The number of aromatic nitrogens is 1. The third kappa shape index (κ3) is 5.14. The van der Waals surface area contributed by atoms with Gasteiger partial charge >= 0.3 is 5.97 Å². The monoisotopic (exact) mass is 252 g/mol. The van der Waals surface area contributed by atoms with E-state index in [9.17, 15) is 9.90 Å². The van der Waals surface area contributed by atoms with E-state index in [0.29, 0.717) is 12.2 Å². The number of carbonyl (C=O) groups excluding carboxylic acids is 1. The Morgan fingerprint density at radius 1 is 1.44 bits per heavy atom. The van der Waals surface area contributed by atoms with E-state index in [1.54, 1.807) is 12.1 Å². The third-order valence-electron chi connectivity index (χ3n) is 2.07. The lowest BCUT2D eigenvalue weighted by Crippen LogP contribution is -2.31. The average Bonchev–Trinajstić information content (AvgIpc) is 2.20. The Morgan fingerprint density at radius 3 is 2.72 bits per heavy atom. The number of ether oxygens (including phenoxy) is 1. The second-order valence-electron chi connectivity index (χ2n) is 5.11. The zero-order valence-electron chi connectivity index (χ0n) is 11.3. The number of aromatic hydroxyl groups is 1. The molecule has 0 aliphatic rings. The van der Waals surface area contributed by atoms with Crippen LogP contribution in [0.3, 0.4) is 0 Å².